The van der Waals surface area contributed by atoms with Crippen LogP contribution < -0.4 is 0 Å². The summed E-state index contributed by atoms with van der Waals surface area (Å²) in [6.45, 7) is 2.84. The highest BCUT2D eigenvalue weighted by Gasteiger charge is 2.19. The van der Waals surface area contributed by atoms with Gasteiger partial charge >= 0.3 is 0 Å². The Morgan fingerprint density at radius 3 is 2.90 bits per heavy atom. The molecule has 2 rings (SSSR count). The van der Waals surface area contributed by atoms with Gasteiger partial charge in [-0.3, -0.25) is 4.18 Å². The standard InChI is InChI=1S/C15H22O5S/c1-13-5-4-6-14(9-8-13)21(16,17)20-12-11-19-15-7-2-3-10-18-15/h4-5,8-9,15H,2-3,6-7,10-12H2,1H3. The van der Waals surface area contributed by atoms with Crippen molar-refractivity contribution in [3.63, 3.8) is 0 Å². The first-order chi connectivity index (χ1) is 10.1. The van der Waals surface area contributed by atoms with E-state index in [1.54, 1.807) is 12.2 Å². The van der Waals surface area contributed by atoms with Crippen molar-refractivity contribution in [1.29, 1.82) is 0 Å². The summed E-state index contributed by atoms with van der Waals surface area (Å²) in [6.07, 6.45) is 10.2. The number of hydrogen-bond acceptors (Lipinski definition) is 5. The second-order valence-electron chi connectivity index (χ2n) is 5.09. The first kappa shape index (κ1) is 16.4. The molecule has 0 amide bonds. The Morgan fingerprint density at radius 2 is 2.14 bits per heavy atom. The minimum Gasteiger partial charge on any atom is -0.353 e. The van der Waals surface area contributed by atoms with Gasteiger partial charge in [-0.15, -0.1) is 0 Å². The Kier molecular flexibility index (Phi) is 6.17. The van der Waals surface area contributed by atoms with Crippen LogP contribution in [0.5, 0.6) is 0 Å². The van der Waals surface area contributed by atoms with Crippen molar-refractivity contribution < 1.29 is 22.1 Å². The Balaban J connectivity index is 1.77. The molecule has 1 aliphatic carbocycles. The fraction of sp³-hybridized carbons (Fsp3) is 0.600. The molecule has 0 saturated carbocycles. The third kappa shape index (κ3) is 5.39. The van der Waals surface area contributed by atoms with Crippen LogP contribution in [0.4, 0.5) is 0 Å². The summed E-state index contributed by atoms with van der Waals surface area (Å²) in [5, 5.41) is 0. The first-order valence-electron chi connectivity index (χ1n) is 7.24. The third-order valence-corrected chi connectivity index (χ3v) is 4.74. The summed E-state index contributed by atoms with van der Waals surface area (Å²) >= 11 is 0. The zero-order valence-electron chi connectivity index (χ0n) is 12.3. The Morgan fingerprint density at radius 1 is 1.29 bits per heavy atom. The van der Waals surface area contributed by atoms with Gasteiger partial charge in [-0.25, -0.2) is 0 Å². The summed E-state index contributed by atoms with van der Waals surface area (Å²) < 4.78 is 40.0. The molecule has 1 atom stereocenters. The van der Waals surface area contributed by atoms with E-state index in [1.807, 2.05) is 19.1 Å². The van der Waals surface area contributed by atoms with Crippen molar-refractivity contribution in [2.24, 2.45) is 0 Å². The van der Waals surface area contributed by atoms with E-state index in [2.05, 4.69) is 0 Å². The van der Waals surface area contributed by atoms with Crippen LogP contribution in [0, 0.1) is 0 Å². The average molecular weight is 314 g/mol. The van der Waals surface area contributed by atoms with Crippen molar-refractivity contribution in [3.05, 3.63) is 34.8 Å². The van der Waals surface area contributed by atoms with Crippen molar-refractivity contribution in [2.45, 2.75) is 38.9 Å². The molecule has 5 nitrogen and oxygen atoms in total. The second kappa shape index (κ2) is 7.89. The predicted molar refractivity (Wildman–Crippen MR) is 80.0 cm³/mol. The zero-order valence-corrected chi connectivity index (χ0v) is 13.1. The highest BCUT2D eigenvalue weighted by atomic mass is 32.2. The lowest BCUT2D eigenvalue weighted by atomic mass is 10.2. The van der Waals surface area contributed by atoms with E-state index in [4.69, 9.17) is 13.7 Å². The van der Waals surface area contributed by atoms with Gasteiger partial charge in [0.1, 0.15) is 0 Å². The minimum atomic E-state index is -3.69. The molecule has 1 fully saturated rings. The monoisotopic (exact) mass is 314 g/mol. The molecule has 0 aromatic rings. The fourth-order valence-corrected chi connectivity index (χ4v) is 3.11. The van der Waals surface area contributed by atoms with E-state index in [-0.39, 0.29) is 24.4 Å². The molecule has 2 aliphatic rings. The molecule has 0 aromatic carbocycles. The molecule has 21 heavy (non-hydrogen) atoms. The smallest absolute Gasteiger partial charge is 0.293 e. The molecule has 1 unspecified atom stereocenters. The minimum absolute atomic E-state index is 0.00590. The lowest BCUT2D eigenvalue weighted by Gasteiger charge is -2.22. The van der Waals surface area contributed by atoms with E-state index < -0.39 is 10.1 Å². The van der Waals surface area contributed by atoms with Crippen molar-refractivity contribution in [2.75, 3.05) is 19.8 Å². The number of ether oxygens (including phenoxy) is 2. The molecule has 1 aliphatic heterocycles. The Hall–Kier alpha value is -0.950. The Bertz CT molecular complexity index is 524. The maximum absolute atomic E-state index is 12.1. The van der Waals surface area contributed by atoms with Crippen LogP contribution >= 0.6 is 0 Å². The predicted octanol–water partition coefficient (Wildman–Crippen LogP) is 2.67. The molecule has 118 valence electrons. The molecule has 0 aromatic heterocycles. The van der Waals surface area contributed by atoms with Crippen LogP contribution in [0.1, 0.15) is 32.6 Å². The van der Waals surface area contributed by atoms with Crippen LogP contribution in [0.15, 0.2) is 34.8 Å². The highest BCUT2D eigenvalue weighted by Crippen LogP contribution is 2.19. The highest BCUT2D eigenvalue weighted by molar-refractivity contribution is 7.90. The van der Waals surface area contributed by atoms with Gasteiger partial charge < -0.3 is 9.47 Å². The molecule has 0 N–H and O–H groups in total. The van der Waals surface area contributed by atoms with Crippen LogP contribution in [0.2, 0.25) is 0 Å². The first-order valence-corrected chi connectivity index (χ1v) is 8.65. The van der Waals surface area contributed by atoms with E-state index in [0.717, 1.165) is 24.8 Å². The van der Waals surface area contributed by atoms with Gasteiger partial charge in [0.15, 0.2) is 6.29 Å². The molecule has 0 radical (unpaired) electrons. The molecule has 1 saturated heterocycles. The lowest BCUT2D eigenvalue weighted by molar-refractivity contribution is -0.165. The molecular weight excluding hydrogens is 292 g/mol. The van der Waals surface area contributed by atoms with Crippen molar-refractivity contribution >= 4 is 10.1 Å². The van der Waals surface area contributed by atoms with E-state index >= 15 is 0 Å². The van der Waals surface area contributed by atoms with Crippen LogP contribution in [-0.4, -0.2) is 34.5 Å². The van der Waals surface area contributed by atoms with E-state index in [9.17, 15) is 8.42 Å². The van der Waals surface area contributed by atoms with Gasteiger partial charge in [0, 0.05) is 13.0 Å². The van der Waals surface area contributed by atoms with Gasteiger partial charge in [-0.2, -0.15) is 8.42 Å². The van der Waals surface area contributed by atoms with Gasteiger partial charge in [0.2, 0.25) is 0 Å². The fourth-order valence-electron chi connectivity index (χ4n) is 2.14. The van der Waals surface area contributed by atoms with Crippen molar-refractivity contribution in [3.8, 4) is 0 Å². The molecule has 6 heteroatoms. The average Bonchev–Trinajstić information content (AvgIpc) is 2.70. The molecule has 0 bridgehead atoms. The van der Waals surface area contributed by atoms with Gasteiger partial charge in [-0.1, -0.05) is 23.8 Å². The quantitative estimate of drug-likeness (QED) is 0.557. The number of hydrogen-bond donors (Lipinski definition) is 0. The van der Waals surface area contributed by atoms with Crippen LogP contribution in [-0.2, 0) is 23.8 Å². The second-order valence-corrected chi connectivity index (χ2v) is 6.76. The van der Waals surface area contributed by atoms with Gasteiger partial charge in [0.25, 0.3) is 10.1 Å². The SMILES string of the molecule is CC1=CC=C(S(=O)(=O)OCCOC2CCCCO2)CC=C1. The topological polar surface area (TPSA) is 61.8 Å². The normalized spacial score (nSPS) is 23.4. The van der Waals surface area contributed by atoms with Gasteiger partial charge in [-0.05, 0) is 32.3 Å². The lowest BCUT2D eigenvalue weighted by Crippen LogP contribution is -2.24. The van der Waals surface area contributed by atoms with E-state index in [0.29, 0.717) is 13.0 Å². The van der Waals surface area contributed by atoms with Crippen LogP contribution in [0.25, 0.3) is 0 Å². The number of rotatable bonds is 6. The van der Waals surface area contributed by atoms with Crippen molar-refractivity contribution in [1.82, 2.24) is 0 Å². The molecule has 0 spiro atoms. The van der Waals surface area contributed by atoms with Gasteiger partial charge in [0.05, 0.1) is 18.1 Å². The summed E-state index contributed by atoms with van der Waals surface area (Å²) in [6, 6.07) is 0. The summed E-state index contributed by atoms with van der Waals surface area (Å²) in [4.78, 5) is 0.268. The maximum atomic E-state index is 12.1. The number of allylic oxidation sites excluding steroid dienone is 6. The van der Waals surface area contributed by atoms with Crippen LogP contribution in [0.3, 0.4) is 0 Å². The summed E-state index contributed by atoms with van der Waals surface area (Å²) in [5.74, 6) is 0. The Labute approximate surface area is 126 Å². The largest absolute Gasteiger partial charge is 0.353 e. The molecule has 1 heterocycles. The summed E-state index contributed by atoms with van der Waals surface area (Å²) in [5.41, 5.74) is 1.01. The zero-order chi connectivity index (χ0) is 15.1. The summed E-state index contributed by atoms with van der Waals surface area (Å²) in [7, 11) is -3.69. The maximum Gasteiger partial charge on any atom is 0.293 e. The van der Waals surface area contributed by atoms with E-state index in [1.165, 1.54) is 0 Å². The molecular formula is C15H22O5S. The third-order valence-electron chi connectivity index (χ3n) is 3.32.